The monoisotopic (exact) mass is 385 g/mol. The Hall–Kier alpha value is -2.49. The lowest BCUT2D eigenvalue weighted by molar-refractivity contribution is 0.133. The highest BCUT2D eigenvalue weighted by molar-refractivity contribution is 7.89. The Balaban J connectivity index is 1.53. The molecule has 2 aromatic rings. The summed E-state index contributed by atoms with van der Waals surface area (Å²) in [4.78, 5) is 0.228. The summed E-state index contributed by atoms with van der Waals surface area (Å²) in [5.74, 6) is 7.02. The van der Waals surface area contributed by atoms with Crippen LogP contribution < -0.4 is 14.2 Å². The van der Waals surface area contributed by atoms with Gasteiger partial charge in [0.25, 0.3) is 0 Å². The van der Waals surface area contributed by atoms with Gasteiger partial charge in [0.15, 0.2) is 11.5 Å². The van der Waals surface area contributed by atoms with E-state index >= 15 is 0 Å². The lowest BCUT2D eigenvalue weighted by Crippen LogP contribution is -2.24. The first-order valence-corrected chi connectivity index (χ1v) is 10.2. The third-order valence-corrected chi connectivity index (χ3v) is 5.58. The summed E-state index contributed by atoms with van der Waals surface area (Å²) < 4.78 is 38.4. The molecule has 0 saturated carbocycles. The van der Waals surface area contributed by atoms with Gasteiger partial charge in [-0.1, -0.05) is 41.7 Å². The first kappa shape index (κ1) is 19.3. The second kappa shape index (κ2) is 7.63. The van der Waals surface area contributed by atoms with E-state index in [9.17, 15) is 8.42 Å². The molecule has 0 saturated heterocycles. The Kier molecular flexibility index (Phi) is 5.45. The molecule has 0 aliphatic carbocycles. The van der Waals surface area contributed by atoms with Crippen LogP contribution in [0, 0.1) is 18.8 Å². The minimum Gasteiger partial charge on any atom is -0.483 e. The Bertz CT molecular complexity index is 983. The van der Waals surface area contributed by atoms with Crippen molar-refractivity contribution in [3.8, 4) is 23.3 Å². The molecule has 6 heteroatoms. The molecule has 0 amide bonds. The van der Waals surface area contributed by atoms with E-state index in [2.05, 4.69) is 16.6 Å². The maximum Gasteiger partial charge on any atom is 0.241 e. The summed E-state index contributed by atoms with van der Waals surface area (Å²) >= 11 is 0. The van der Waals surface area contributed by atoms with Crippen LogP contribution >= 0.6 is 0 Å². The molecule has 5 nitrogen and oxygen atoms in total. The number of benzene rings is 2. The van der Waals surface area contributed by atoms with Gasteiger partial charge in [-0.25, -0.2) is 8.42 Å². The van der Waals surface area contributed by atoms with Crippen LogP contribution in [0.3, 0.4) is 0 Å². The Labute approximate surface area is 160 Å². The first-order chi connectivity index (χ1) is 12.8. The number of hydrogen-bond acceptors (Lipinski definition) is 4. The van der Waals surface area contributed by atoms with Crippen molar-refractivity contribution in [3.05, 3.63) is 53.6 Å². The third kappa shape index (κ3) is 4.82. The normalized spacial score (nSPS) is 14.6. The van der Waals surface area contributed by atoms with Gasteiger partial charge in [-0.3, -0.25) is 0 Å². The summed E-state index contributed by atoms with van der Waals surface area (Å²) in [6.07, 6.45) is 0.839. The van der Waals surface area contributed by atoms with Crippen molar-refractivity contribution in [1.29, 1.82) is 0 Å². The molecule has 0 fully saturated rings. The molecule has 1 N–H and O–H groups in total. The number of fused-ring (bicyclic) bond motifs is 1. The van der Waals surface area contributed by atoms with Gasteiger partial charge >= 0.3 is 0 Å². The number of hydrogen-bond donors (Lipinski definition) is 1. The highest BCUT2D eigenvalue weighted by Crippen LogP contribution is 2.41. The summed E-state index contributed by atoms with van der Waals surface area (Å²) in [5.41, 5.74) is 1.89. The minimum atomic E-state index is -3.55. The molecule has 0 spiro atoms. The van der Waals surface area contributed by atoms with Crippen molar-refractivity contribution in [2.45, 2.75) is 37.7 Å². The molecule has 3 rings (SSSR count). The number of rotatable bonds is 5. The summed E-state index contributed by atoms with van der Waals surface area (Å²) in [5, 5.41) is 0. The number of para-hydroxylation sites is 1. The van der Waals surface area contributed by atoms with Gasteiger partial charge < -0.3 is 9.47 Å². The molecule has 0 atom stereocenters. The van der Waals surface area contributed by atoms with Crippen LogP contribution in [0.1, 0.15) is 25.0 Å². The smallest absolute Gasteiger partial charge is 0.241 e. The van der Waals surface area contributed by atoms with Crippen molar-refractivity contribution in [2.24, 2.45) is 0 Å². The SMILES string of the molecule is Cc1ccc(S(=O)(=O)NCC#CCOc2cccc3c2OC(C)(C)C3)cc1. The fourth-order valence-corrected chi connectivity index (χ4v) is 3.78. The van der Waals surface area contributed by atoms with Gasteiger partial charge in [-0.15, -0.1) is 0 Å². The predicted octanol–water partition coefficient (Wildman–Crippen LogP) is 3.07. The predicted molar refractivity (Wildman–Crippen MR) is 104 cm³/mol. The maximum atomic E-state index is 12.2. The van der Waals surface area contributed by atoms with Crippen LogP contribution in [0.5, 0.6) is 11.5 Å². The van der Waals surface area contributed by atoms with E-state index in [1.54, 1.807) is 24.3 Å². The fraction of sp³-hybridized carbons (Fsp3) is 0.333. The summed E-state index contributed by atoms with van der Waals surface area (Å²) in [6.45, 7) is 6.17. The molecule has 142 valence electrons. The van der Waals surface area contributed by atoms with Crippen molar-refractivity contribution < 1.29 is 17.9 Å². The second-order valence-electron chi connectivity index (χ2n) is 7.06. The van der Waals surface area contributed by atoms with Gasteiger partial charge in [-0.2, -0.15) is 4.72 Å². The van der Waals surface area contributed by atoms with Gasteiger partial charge in [-0.05, 0) is 39.0 Å². The molecule has 1 aliphatic heterocycles. The molecule has 0 unspecified atom stereocenters. The average Bonchev–Trinajstić information content (AvgIpc) is 2.93. The third-order valence-electron chi connectivity index (χ3n) is 4.16. The quantitative estimate of drug-likeness (QED) is 0.804. The Morgan fingerprint density at radius 3 is 2.63 bits per heavy atom. The van der Waals surface area contributed by atoms with E-state index in [0.29, 0.717) is 5.75 Å². The largest absolute Gasteiger partial charge is 0.483 e. The van der Waals surface area contributed by atoms with Gasteiger partial charge in [0.2, 0.25) is 10.0 Å². The Morgan fingerprint density at radius 2 is 1.89 bits per heavy atom. The van der Waals surface area contributed by atoms with Gasteiger partial charge in [0.05, 0.1) is 11.4 Å². The Morgan fingerprint density at radius 1 is 1.15 bits per heavy atom. The lowest BCUT2D eigenvalue weighted by Gasteiger charge is -2.17. The highest BCUT2D eigenvalue weighted by atomic mass is 32.2. The van der Waals surface area contributed by atoms with Crippen LogP contribution in [0.15, 0.2) is 47.4 Å². The molecular weight excluding hydrogens is 362 g/mol. The van der Waals surface area contributed by atoms with Gasteiger partial charge in [0.1, 0.15) is 12.2 Å². The van der Waals surface area contributed by atoms with Crippen molar-refractivity contribution in [3.63, 3.8) is 0 Å². The van der Waals surface area contributed by atoms with Crippen molar-refractivity contribution in [1.82, 2.24) is 4.72 Å². The van der Waals surface area contributed by atoms with Crippen LogP contribution in [-0.2, 0) is 16.4 Å². The minimum absolute atomic E-state index is 0.0238. The molecule has 27 heavy (non-hydrogen) atoms. The lowest BCUT2D eigenvalue weighted by atomic mass is 10.0. The standard InChI is InChI=1S/C21H23NO4S/c1-16-9-11-18(12-10-16)27(23,24)22-13-4-5-14-25-19-8-6-7-17-15-21(2,3)26-20(17)19/h6-12,22H,13-15H2,1-3H3. The zero-order chi connectivity index (χ0) is 19.5. The van der Waals surface area contributed by atoms with Crippen molar-refractivity contribution in [2.75, 3.05) is 13.2 Å². The van der Waals surface area contributed by atoms with Crippen LogP contribution in [0.25, 0.3) is 0 Å². The van der Waals surface area contributed by atoms with E-state index in [-0.39, 0.29) is 23.6 Å². The molecule has 0 radical (unpaired) electrons. The van der Waals surface area contributed by atoms with E-state index in [1.165, 1.54) is 0 Å². The summed E-state index contributed by atoms with van der Waals surface area (Å²) in [7, 11) is -3.55. The van der Waals surface area contributed by atoms with E-state index in [0.717, 1.165) is 23.3 Å². The molecule has 0 bridgehead atoms. The average molecular weight is 385 g/mol. The maximum absolute atomic E-state index is 12.2. The summed E-state index contributed by atoms with van der Waals surface area (Å²) in [6, 6.07) is 12.5. The van der Waals surface area contributed by atoms with Crippen LogP contribution in [-0.4, -0.2) is 27.2 Å². The number of sulfonamides is 1. The first-order valence-electron chi connectivity index (χ1n) is 8.73. The zero-order valence-corrected chi connectivity index (χ0v) is 16.5. The molecular formula is C21H23NO4S. The fourth-order valence-electron chi connectivity index (χ4n) is 2.86. The topological polar surface area (TPSA) is 64.6 Å². The molecule has 2 aromatic carbocycles. The van der Waals surface area contributed by atoms with Crippen LogP contribution in [0.4, 0.5) is 0 Å². The molecule has 0 aromatic heterocycles. The van der Waals surface area contributed by atoms with Crippen LogP contribution in [0.2, 0.25) is 0 Å². The van der Waals surface area contributed by atoms with E-state index in [1.807, 2.05) is 39.0 Å². The van der Waals surface area contributed by atoms with E-state index < -0.39 is 10.0 Å². The highest BCUT2D eigenvalue weighted by Gasteiger charge is 2.32. The zero-order valence-electron chi connectivity index (χ0n) is 15.7. The van der Waals surface area contributed by atoms with Crippen molar-refractivity contribution >= 4 is 10.0 Å². The number of ether oxygens (including phenoxy) is 2. The second-order valence-corrected chi connectivity index (χ2v) is 8.83. The number of nitrogens with one attached hydrogen (secondary N) is 1. The van der Waals surface area contributed by atoms with E-state index in [4.69, 9.17) is 9.47 Å². The number of aryl methyl sites for hydroxylation is 1. The molecule has 1 aliphatic rings. The molecule has 1 heterocycles. The van der Waals surface area contributed by atoms with Gasteiger partial charge in [0, 0.05) is 12.0 Å².